The fourth-order valence-electron chi connectivity index (χ4n) is 2.97. The van der Waals surface area contributed by atoms with Crippen LogP contribution in [0.25, 0.3) is 0 Å². The van der Waals surface area contributed by atoms with Crippen molar-refractivity contribution >= 4 is 5.91 Å². The molecule has 0 aliphatic carbocycles. The maximum Gasteiger partial charge on any atom is 0.248 e. The molecule has 2 N–H and O–H groups in total. The Morgan fingerprint density at radius 2 is 2.33 bits per heavy atom. The summed E-state index contributed by atoms with van der Waals surface area (Å²) in [5, 5.41) is 0. The molecule has 2 heterocycles. The number of morpholine rings is 1. The van der Waals surface area contributed by atoms with Crippen LogP contribution in [0.2, 0.25) is 0 Å². The zero-order valence-electron chi connectivity index (χ0n) is 11.3. The van der Waals surface area contributed by atoms with Crippen molar-refractivity contribution in [1.82, 2.24) is 9.80 Å². The number of amides is 1. The van der Waals surface area contributed by atoms with Crippen molar-refractivity contribution in [3.8, 4) is 0 Å². The molecule has 0 spiro atoms. The van der Waals surface area contributed by atoms with Crippen LogP contribution >= 0.6 is 0 Å². The van der Waals surface area contributed by atoms with Crippen LogP contribution in [0.15, 0.2) is 0 Å². The van der Waals surface area contributed by atoms with Gasteiger partial charge in [0.25, 0.3) is 0 Å². The first kappa shape index (κ1) is 13.8. The summed E-state index contributed by atoms with van der Waals surface area (Å²) in [6.45, 7) is 7.77. The number of carbonyl (C=O) groups is 1. The van der Waals surface area contributed by atoms with E-state index in [0.717, 1.165) is 19.6 Å². The van der Waals surface area contributed by atoms with E-state index in [1.165, 1.54) is 19.4 Å². The van der Waals surface area contributed by atoms with Gasteiger partial charge in [-0.1, -0.05) is 6.92 Å². The van der Waals surface area contributed by atoms with E-state index in [-0.39, 0.29) is 18.6 Å². The van der Waals surface area contributed by atoms with Crippen LogP contribution in [-0.4, -0.2) is 67.7 Å². The summed E-state index contributed by atoms with van der Waals surface area (Å²) in [5.41, 5.74) is 5.73. The average molecular weight is 255 g/mol. The molecule has 5 heteroatoms. The van der Waals surface area contributed by atoms with Gasteiger partial charge in [-0.3, -0.25) is 4.79 Å². The van der Waals surface area contributed by atoms with E-state index in [1.54, 1.807) is 0 Å². The van der Waals surface area contributed by atoms with Crippen LogP contribution in [0.4, 0.5) is 0 Å². The maximum atomic E-state index is 11.9. The zero-order chi connectivity index (χ0) is 13.0. The molecular weight excluding hydrogens is 230 g/mol. The van der Waals surface area contributed by atoms with Gasteiger partial charge in [0.1, 0.15) is 6.61 Å². The number of hydrogen-bond acceptors (Lipinski definition) is 4. The second kappa shape index (κ2) is 6.50. The summed E-state index contributed by atoms with van der Waals surface area (Å²) < 4.78 is 5.27. The fourth-order valence-corrected chi connectivity index (χ4v) is 2.97. The Bertz CT molecular complexity index is 285. The van der Waals surface area contributed by atoms with E-state index in [9.17, 15) is 4.79 Å². The van der Waals surface area contributed by atoms with E-state index in [0.29, 0.717) is 19.1 Å². The maximum absolute atomic E-state index is 11.9. The van der Waals surface area contributed by atoms with Crippen molar-refractivity contribution in [3.63, 3.8) is 0 Å². The van der Waals surface area contributed by atoms with Gasteiger partial charge in [0.05, 0.1) is 12.6 Å². The Kier molecular flexibility index (Phi) is 4.97. The number of hydrogen-bond donors (Lipinski definition) is 1. The molecular formula is C13H25N3O2. The molecule has 2 rings (SSSR count). The molecule has 2 saturated heterocycles. The molecule has 2 aliphatic heterocycles. The third kappa shape index (κ3) is 3.22. The second-order valence-electron chi connectivity index (χ2n) is 5.35. The number of nitrogens with zero attached hydrogens (tertiary/aromatic N) is 2. The first-order chi connectivity index (χ1) is 8.74. The third-order valence-electron chi connectivity index (χ3n) is 4.07. The average Bonchev–Trinajstić information content (AvgIpc) is 2.41. The molecule has 0 bridgehead atoms. The van der Waals surface area contributed by atoms with Gasteiger partial charge in [-0.25, -0.2) is 0 Å². The predicted molar refractivity (Wildman–Crippen MR) is 70.2 cm³/mol. The highest BCUT2D eigenvalue weighted by molar-refractivity contribution is 5.78. The smallest absolute Gasteiger partial charge is 0.248 e. The number of rotatable bonds is 4. The van der Waals surface area contributed by atoms with Crippen LogP contribution in [-0.2, 0) is 9.53 Å². The van der Waals surface area contributed by atoms with Gasteiger partial charge in [-0.05, 0) is 31.8 Å². The van der Waals surface area contributed by atoms with Crippen LogP contribution < -0.4 is 5.73 Å². The Labute approximate surface area is 109 Å². The first-order valence-corrected chi connectivity index (χ1v) is 7.04. The summed E-state index contributed by atoms with van der Waals surface area (Å²) >= 11 is 0. The van der Waals surface area contributed by atoms with E-state index in [1.807, 2.05) is 4.90 Å². The number of ether oxygens (including phenoxy) is 1. The molecule has 5 nitrogen and oxygen atoms in total. The monoisotopic (exact) mass is 255 g/mol. The van der Waals surface area contributed by atoms with E-state index in [4.69, 9.17) is 10.5 Å². The Hall–Kier alpha value is -0.650. The van der Waals surface area contributed by atoms with Gasteiger partial charge in [0.2, 0.25) is 5.91 Å². The molecule has 0 radical (unpaired) electrons. The van der Waals surface area contributed by atoms with Gasteiger partial charge >= 0.3 is 0 Å². The minimum atomic E-state index is 0.0725. The number of carbonyl (C=O) groups excluding carboxylic acids is 1. The van der Waals surface area contributed by atoms with Gasteiger partial charge < -0.3 is 20.3 Å². The molecule has 2 atom stereocenters. The highest BCUT2D eigenvalue weighted by atomic mass is 16.5. The van der Waals surface area contributed by atoms with Crippen molar-refractivity contribution < 1.29 is 9.53 Å². The van der Waals surface area contributed by atoms with Crippen molar-refractivity contribution in [2.75, 3.05) is 45.9 Å². The van der Waals surface area contributed by atoms with Crippen molar-refractivity contribution in [2.24, 2.45) is 11.7 Å². The molecule has 104 valence electrons. The second-order valence-corrected chi connectivity index (χ2v) is 5.35. The lowest BCUT2D eigenvalue weighted by Gasteiger charge is -2.40. The van der Waals surface area contributed by atoms with E-state index in [2.05, 4.69) is 11.8 Å². The Balaban J connectivity index is 1.91. The standard InChI is InChI=1S/C13H25N3O2/c1-2-15-5-3-4-11(7-15)8-16-12(6-14)9-18-10-13(16)17/h11-12H,2-10,14H2,1H3. The summed E-state index contributed by atoms with van der Waals surface area (Å²) in [7, 11) is 0. The molecule has 18 heavy (non-hydrogen) atoms. The number of piperidine rings is 1. The molecule has 2 fully saturated rings. The topological polar surface area (TPSA) is 58.8 Å². The zero-order valence-corrected chi connectivity index (χ0v) is 11.3. The lowest BCUT2D eigenvalue weighted by molar-refractivity contribution is -0.149. The predicted octanol–water partition coefficient (Wildman–Crippen LogP) is -0.0956. The number of nitrogens with two attached hydrogens (primary N) is 1. The molecule has 0 aromatic carbocycles. The molecule has 2 unspecified atom stereocenters. The molecule has 0 aromatic rings. The molecule has 2 aliphatic rings. The van der Waals surface area contributed by atoms with Gasteiger partial charge in [-0.2, -0.15) is 0 Å². The minimum absolute atomic E-state index is 0.0725. The minimum Gasteiger partial charge on any atom is -0.369 e. The summed E-state index contributed by atoms with van der Waals surface area (Å²) in [4.78, 5) is 16.3. The van der Waals surface area contributed by atoms with Crippen LogP contribution in [0.5, 0.6) is 0 Å². The van der Waals surface area contributed by atoms with Gasteiger partial charge in [0.15, 0.2) is 0 Å². The lowest BCUT2D eigenvalue weighted by atomic mass is 9.96. The molecule has 0 saturated carbocycles. The highest BCUT2D eigenvalue weighted by Gasteiger charge is 2.31. The fraction of sp³-hybridized carbons (Fsp3) is 0.923. The normalized spacial score (nSPS) is 30.8. The largest absolute Gasteiger partial charge is 0.369 e. The van der Waals surface area contributed by atoms with Gasteiger partial charge in [-0.15, -0.1) is 0 Å². The SMILES string of the molecule is CCN1CCCC(CN2C(=O)COCC2CN)C1. The highest BCUT2D eigenvalue weighted by Crippen LogP contribution is 2.19. The Morgan fingerprint density at radius 1 is 1.50 bits per heavy atom. The van der Waals surface area contributed by atoms with Crippen molar-refractivity contribution in [1.29, 1.82) is 0 Å². The van der Waals surface area contributed by atoms with Crippen molar-refractivity contribution in [3.05, 3.63) is 0 Å². The van der Waals surface area contributed by atoms with Crippen LogP contribution in [0, 0.1) is 5.92 Å². The Morgan fingerprint density at radius 3 is 3.06 bits per heavy atom. The summed E-state index contributed by atoms with van der Waals surface area (Å²) in [6, 6.07) is 0.0725. The van der Waals surface area contributed by atoms with E-state index < -0.39 is 0 Å². The van der Waals surface area contributed by atoms with Crippen LogP contribution in [0.3, 0.4) is 0 Å². The summed E-state index contributed by atoms with van der Waals surface area (Å²) in [6.07, 6.45) is 2.46. The van der Waals surface area contributed by atoms with Crippen LogP contribution in [0.1, 0.15) is 19.8 Å². The van der Waals surface area contributed by atoms with Crippen molar-refractivity contribution in [2.45, 2.75) is 25.8 Å². The molecule has 0 aromatic heterocycles. The van der Waals surface area contributed by atoms with Gasteiger partial charge in [0, 0.05) is 19.6 Å². The molecule has 1 amide bonds. The summed E-state index contributed by atoms with van der Waals surface area (Å²) in [5.74, 6) is 0.695. The first-order valence-electron chi connectivity index (χ1n) is 7.04. The number of likely N-dealkylation sites (tertiary alicyclic amines) is 1. The quantitative estimate of drug-likeness (QED) is 0.762. The lowest BCUT2D eigenvalue weighted by Crippen LogP contribution is -2.55. The van der Waals surface area contributed by atoms with E-state index >= 15 is 0 Å². The third-order valence-corrected chi connectivity index (χ3v) is 4.07.